The summed E-state index contributed by atoms with van der Waals surface area (Å²) >= 11 is 0. The molecule has 0 heterocycles. The SMILES string of the molecule is NC(=O)N/N=C/CO. The van der Waals surface area contributed by atoms with Crippen LogP contribution in [0.2, 0.25) is 0 Å². The fourth-order valence-corrected chi connectivity index (χ4v) is 0.150. The van der Waals surface area contributed by atoms with E-state index in [9.17, 15) is 4.79 Å². The number of rotatable bonds is 2. The average molecular weight is 117 g/mol. The second kappa shape index (κ2) is 4.07. The highest BCUT2D eigenvalue weighted by Gasteiger charge is 1.80. The van der Waals surface area contributed by atoms with Crippen molar-refractivity contribution in [1.82, 2.24) is 5.43 Å². The van der Waals surface area contributed by atoms with Gasteiger partial charge in [-0.05, 0) is 0 Å². The molecular formula is C3H7N3O2. The van der Waals surface area contributed by atoms with Crippen LogP contribution in [0.4, 0.5) is 4.79 Å². The van der Waals surface area contributed by atoms with Crippen molar-refractivity contribution in [2.75, 3.05) is 6.61 Å². The highest BCUT2D eigenvalue weighted by Crippen LogP contribution is 1.54. The van der Waals surface area contributed by atoms with E-state index in [-0.39, 0.29) is 6.61 Å². The number of urea groups is 1. The number of hydrazone groups is 1. The molecule has 8 heavy (non-hydrogen) atoms. The molecule has 5 nitrogen and oxygen atoms in total. The van der Waals surface area contributed by atoms with Crippen molar-refractivity contribution in [2.24, 2.45) is 10.8 Å². The van der Waals surface area contributed by atoms with Gasteiger partial charge in [0.2, 0.25) is 0 Å². The molecule has 0 rings (SSSR count). The van der Waals surface area contributed by atoms with Crippen molar-refractivity contribution in [3.05, 3.63) is 0 Å². The predicted molar refractivity (Wildman–Crippen MR) is 28.3 cm³/mol. The molecule has 2 amide bonds. The van der Waals surface area contributed by atoms with Gasteiger partial charge in [0.05, 0.1) is 12.8 Å². The maximum atomic E-state index is 9.79. The molecule has 0 saturated heterocycles. The summed E-state index contributed by atoms with van der Waals surface area (Å²) < 4.78 is 0. The van der Waals surface area contributed by atoms with Crippen molar-refractivity contribution in [3.63, 3.8) is 0 Å². The Morgan fingerprint density at radius 3 is 3.00 bits per heavy atom. The summed E-state index contributed by atoms with van der Waals surface area (Å²) in [4.78, 5) is 9.79. The van der Waals surface area contributed by atoms with E-state index in [1.54, 1.807) is 0 Å². The highest BCUT2D eigenvalue weighted by molar-refractivity contribution is 5.72. The quantitative estimate of drug-likeness (QED) is 0.308. The Balaban J connectivity index is 3.16. The number of primary amides is 1. The molecule has 4 N–H and O–H groups in total. The van der Waals surface area contributed by atoms with E-state index in [1.165, 1.54) is 0 Å². The minimum atomic E-state index is -0.741. The Labute approximate surface area is 46.2 Å². The maximum Gasteiger partial charge on any atom is 0.332 e. The number of carbonyl (C=O) groups is 1. The number of aliphatic hydroxyl groups is 1. The summed E-state index contributed by atoms with van der Waals surface area (Å²) in [6.07, 6.45) is 1.12. The zero-order chi connectivity index (χ0) is 6.41. The standard InChI is InChI=1S/C3H7N3O2/c4-3(8)6-5-1-2-7/h1,7H,2H2,(H3,4,6,8)/b5-1+. The van der Waals surface area contributed by atoms with Crippen LogP contribution in [0.5, 0.6) is 0 Å². The van der Waals surface area contributed by atoms with Gasteiger partial charge in [-0.25, -0.2) is 10.2 Å². The van der Waals surface area contributed by atoms with E-state index in [0.717, 1.165) is 6.21 Å². The van der Waals surface area contributed by atoms with Gasteiger partial charge in [0, 0.05) is 0 Å². The molecule has 0 spiro atoms. The lowest BCUT2D eigenvalue weighted by atomic mass is 10.8. The molecule has 0 atom stereocenters. The van der Waals surface area contributed by atoms with Crippen LogP contribution in [0.25, 0.3) is 0 Å². The number of nitrogens with two attached hydrogens (primary N) is 1. The first-order valence-electron chi connectivity index (χ1n) is 1.95. The van der Waals surface area contributed by atoms with E-state index < -0.39 is 6.03 Å². The van der Waals surface area contributed by atoms with Gasteiger partial charge in [-0.1, -0.05) is 0 Å². The minimum Gasteiger partial charge on any atom is -0.391 e. The van der Waals surface area contributed by atoms with Gasteiger partial charge in [0.1, 0.15) is 0 Å². The monoisotopic (exact) mass is 117 g/mol. The fraction of sp³-hybridized carbons (Fsp3) is 0.333. The zero-order valence-electron chi connectivity index (χ0n) is 4.16. The van der Waals surface area contributed by atoms with Crippen LogP contribution in [0, 0.1) is 0 Å². The molecule has 0 bridgehead atoms. The molecule has 0 aromatic carbocycles. The molecule has 0 aromatic rings. The summed E-state index contributed by atoms with van der Waals surface area (Å²) in [6, 6.07) is -0.741. The smallest absolute Gasteiger partial charge is 0.332 e. The third kappa shape index (κ3) is 4.90. The van der Waals surface area contributed by atoms with E-state index >= 15 is 0 Å². The van der Waals surface area contributed by atoms with Gasteiger partial charge in [0.15, 0.2) is 0 Å². The maximum absolute atomic E-state index is 9.79. The van der Waals surface area contributed by atoms with Crippen LogP contribution < -0.4 is 11.2 Å². The number of hydrogen-bond donors (Lipinski definition) is 3. The van der Waals surface area contributed by atoms with Gasteiger partial charge in [-0.2, -0.15) is 5.10 Å². The molecule has 46 valence electrons. The first-order chi connectivity index (χ1) is 3.77. The Hall–Kier alpha value is -1.10. The number of nitrogens with one attached hydrogen (secondary N) is 1. The number of hydrogen-bond acceptors (Lipinski definition) is 3. The van der Waals surface area contributed by atoms with Gasteiger partial charge >= 0.3 is 6.03 Å². The lowest BCUT2D eigenvalue weighted by Crippen LogP contribution is -2.24. The Bertz CT molecular complexity index is 101. The number of nitrogens with zero attached hydrogens (tertiary/aromatic N) is 1. The Morgan fingerprint density at radius 1 is 2.00 bits per heavy atom. The van der Waals surface area contributed by atoms with Crippen molar-refractivity contribution in [1.29, 1.82) is 0 Å². The van der Waals surface area contributed by atoms with Crippen molar-refractivity contribution in [2.45, 2.75) is 0 Å². The summed E-state index contributed by atoms with van der Waals surface area (Å²) in [5, 5.41) is 11.2. The molecule has 0 aliphatic carbocycles. The molecule has 5 heteroatoms. The first kappa shape index (κ1) is 6.90. The summed E-state index contributed by atoms with van der Waals surface area (Å²) in [6.45, 7) is -0.208. The van der Waals surface area contributed by atoms with Crippen molar-refractivity contribution < 1.29 is 9.90 Å². The van der Waals surface area contributed by atoms with Crippen LogP contribution in [0.3, 0.4) is 0 Å². The molecular weight excluding hydrogens is 110 g/mol. The van der Waals surface area contributed by atoms with Crippen LogP contribution in [0.1, 0.15) is 0 Å². The van der Waals surface area contributed by atoms with Crippen LogP contribution in [-0.4, -0.2) is 24.0 Å². The van der Waals surface area contributed by atoms with Crippen LogP contribution in [0.15, 0.2) is 5.10 Å². The van der Waals surface area contributed by atoms with Gasteiger partial charge in [-0.15, -0.1) is 0 Å². The fourth-order valence-electron chi connectivity index (χ4n) is 0.150. The van der Waals surface area contributed by atoms with Crippen molar-refractivity contribution in [3.8, 4) is 0 Å². The zero-order valence-corrected chi connectivity index (χ0v) is 4.16. The lowest BCUT2D eigenvalue weighted by molar-refractivity contribution is 0.249. The van der Waals surface area contributed by atoms with E-state index in [0.29, 0.717) is 0 Å². The van der Waals surface area contributed by atoms with E-state index in [2.05, 4.69) is 10.8 Å². The third-order valence-corrected chi connectivity index (χ3v) is 0.348. The number of carbonyl (C=O) groups excluding carboxylic acids is 1. The highest BCUT2D eigenvalue weighted by atomic mass is 16.3. The molecule has 0 aliphatic rings. The van der Waals surface area contributed by atoms with Gasteiger partial charge in [0.25, 0.3) is 0 Å². The van der Waals surface area contributed by atoms with Gasteiger partial charge in [-0.3, -0.25) is 0 Å². The molecule has 0 radical (unpaired) electrons. The second-order valence-corrected chi connectivity index (χ2v) is 0.970. The normalized spacial score (nSPS) is 9.62. The van der Waals surface area contributed by atoms with Crippen molar-refractivity contribution >= 4 is 12.2 Å². The molecule has 0 aliphatic heterocycles. The number of amides is 2. The average Bonchev–Trinajstić information content (AvgIpc) is 1.66. The lowest BCUT2D eigenvalue weighted by Gasteiger charge is -1.86. The van der Waals surface area contributed by atoms with Crippen LogP contribution in [-0.2, 0) is 0 Å². The largest absolute Gasteiger partial charge is 0.391 e. The number of aliphatic hydroxyl groups excluding tert-OH is 1. The molecule has 0 unspecified atom stereocenters. The minimum absolute atomic E-state index is 0.208. The first-order valence-corrected chi connectivity index (χ1v) is 1.95. The summed E-state index contributed by atoms with van der Waals surface area (Å²) in [7, 11) is 0. The molecule has 0 aromatic heterocycles. The Kier molecular flexibility index (Phi) is 3.51. The summed E-state index contributed by atoms with van der Waals surface area (Å²) in [5.41, 5.74) is 6.48. The van der Waals surface area contributed by atoms with Crippen LogP contribution >= 0.6 is 0 Å². The predicted octanol–water partition coefficient (Wildman–Crippen LogP) is -1.37. The molecule has 0 fully saturated rings. The van der Waals surface area contributed by atoms with E-state index in [1.807, 2.05) is 5.43 Å². The third-order valence-electron chi connectivity index (χ3n) is 0.348. The second-order valence-electron chi connectivity index (χ2n) is 0.970. The van der Waals surface area contributed by atoms with E-state index in [4.69, 9.17) is 5.11 Å². The topological polar surface area (TPSA) is 87.7 Å². The van der Waals surface area contributed by atoms with Gasteiger partial charge < -0.3 is 10.8 Å². The Morgan fingerprint density at radius 2 is 2.62 bits per heavy atom. The molecule has 0 saturated carbocycles. The summed E-state index contributed by atoms with van der Waals surface area (Å²) in [5.74, 6) is 0.